The highest BCUT2D eigenvalue weighted by atomic mass is 19.3. The molecule has 1 amide bonds. The highest BCUT2D eigenvalue weighted by molar-refractivity contribution is 5.99. The van der Waals surface area contributed by atoms with Gasteiger partial charge >= 0.3 is 0 Å². The number of rotatable bonds is 5. The van der Waals surface area contributed by atoms with Gasteiger partial charge in [0.05, 0.1) is 6.10 Å². The number of hydrogen-bond donors (Lipinski definition) is 1. The van der Waals surface area contributed by atoms with Gasteiger partial charge in [0, 0.05) is 42.0 Å². The zero-order valence-corrected chi connectivity index (χ0v) is 20.6. The van der Waals surface area contributed by atoms with Gasteiger partial charge in [-0.2, -0.15) is 0 Å². The Labute approximate surface area is 199 Å². The van der Waals surface area contributed by atoms with E-state index >= 15 is 0 Å². The van der Waals surface area contributed by atoms with Crippen molar-refractivity contribution in [3.8, 4) is 5.88 Å². The van der Waals surface area contributed by atoms with Gasteiger partial charge in [-0.15, -0.1) is 0 Å². The summed E-state index contributed by atoms with van der Waals surface area (Å²) in [6.07, 6.45) is 0.175. The number of nitrogens with zero attached hydrogens (tertiary/aromatic N) is 5. The molecule has 0 aliphatic carbocycles. The number of hydrogen-bond acceptors (Lipinski definition) is 7. The molecule has 0 radical (unpaired) electrons. The molecule has 34 heavy (non-hydrogen) atoms. The highest BCUT2D eigenvalue weighted by Crippen LogP contribution is 2.35. The average Bonchev–Trinajstić information content (AvgIpc) is 3.28. The minimum atomic E-state index is -2.68. The van der Waals surface area contributed by atoms with Crippen molar-refractivity contribution in [2.45, 2.75) is 66.8 Å². The summed E-state index contributed by atoms with van der Waals surface area (Å²) in [4.78, 5) is 27.6. The number of aliphatic imine (C=N–C) groups is 2. The predicted octanol–water partition coefficient (Wildman–Crippen LogP) is 4.04. The third kappa shape index (κ3) is 5.53. The Morgan fingerprint density at radius 3 is 2.68 bits per heavy atom. The molecule has 4 rings (SSSR count). The van der Waals surface area contributed by atoms with E-state index in [2.05, 4.69) is 27.3 Å². The number of fused-ring (bicyclic) bond motifs is 1. The van der Waals surface area contributed by atoms with E-state index in [4.69, 9.17) is 4.74 Å². The van der Waals surface area contributed by atoms with Crippen LogP contribution in [0.5, 0.6) is 5.88 Å². The van der Waals surface area contributed by atoms with Crippen molar-refractivity contribution in [2.75, 3.05) is 13.1 Å². The van der Waals surface area contributed by atoms with Gasteiger partial charge in [-0.3, -0.25) is 10.2 Å². The van der Waals surface area contributed by atoms with E-state index in [1.165, 1.54) is 12.4 Å². The zero-order chi connectivity index (χ0) is 25.0. The standard InChI is InChI=1S/C22H28F2N6O2.C2H6/c1-12(2)32-19-8-15(7-14(4)27-19)21(31)29-6-5-13(3)16(10-29)18-9-17(20(23)24)28-22-25-11-26-30(18)22;1-2/h7-9,11-13,16,20,22H,5-6,10H2,1-4H3,(H,25,26);1-2H3/t13-,16-,22?;/m1./s1. The molecule has 3 aliphatic heterocycles. The van der Waals surface area contributed by atoms with Gasteiger partial charge in [0.2, 0.25) is 12.2 Å². The van der Waals surface area contributed by atoms with Crippen LogP contribution in [0.1, 0.15) is 57.1 Å². The lowest BCUT2D eigenvalue weighted by Crippen LogP contribution is -2.50. The van der Waals surface area contributed by atoms with Crippen molar-refractivity contribution in [3.63, 3.8) is 0 Å². The van der Waals surface area contributed by atoms with E-state index in [-0.39, 0.29) is 29.6 Å². The van der Waals surface area contributed by atoms with Gasteiger partial charge in [-0.25, -0.2) is 28.8 Å². The molecule has 3 atom stereocenters. The molecule has 1 aromatic rings. The molecular weight excluding hydrogens is 442 g/mol. The summed E-state index contributed by atoms with van der Waals surface area (Å²) in [6, 6.07) is 3.41. The number of aryl methyl sites for hydroxylation is 1. The minimum Gasteiger partial charge on any atom is -0.475 e. The van der Waals surface area contributed by atoms with Crippen LogP contribution in [0.15, 0.2) is 33.9 Å². The maximum atomic E-state index is 13.5. The maximum absolute atomic E-state index is 13.5. The molecule has 186 valence electrons. The number of nitrogens with one attached hydrogen (secondary N) is 1. The Hall–Kier alpha value is -3.04. The molecule has 10 heteroatoms. The number of piperidine rings is 1. The summed E-state index contributed by atoms with van der Waals surface area (Å²) in [6.45, 7) is 12.7. The van der Waals surface area contributed by atoms with Gasteiger partial charge in [0.1, 0.15) is 12.1 Å². The summed E-state index contributed by atoms with van der Waals surface area (Å²) < 4.78 is 32.6. The molecule has 0 saturated carbocycles. The quantitative estimate of drug-likeness (QED) is 0.694. The van der Waals surface area contributed by atoms with Crippen molar-refractivity contribution in [1.29, 1.82) is 0 Å². The Morgan fingerprint density at radius 1 is 1.26 bits per heavy atom. The number of pyridine rings is 1. The number of aromatic nitrogens is 1. The van der Waals surface area contributed by atoms with Crippen molar-refractivity contribution in [2.24, 2.45) is 21.8 Å². The number of hydrazine groups is 1. The van der Waals surface area contributed by atoms with E-state index < -0.39 is 12.7 Å². The average molecular weight is 477 g/mol. The number of halogens is 2. The lowest BCUT2D eigenvalue weighted by atomic mass is 9.83. The van der Waals surface area contributed by atoms with Crippen LogP contribution in [0.2, 0.25) is 0 Å². The van der Waals surface area contributed by atoms with Crippen LogP contribution in [0, 0.1) is 18.8 Å². The van der Waals surface area contributed by atoms with Crippen molar-refractivity contribution < 1.29 is 18.3 Å². The summed E-state index contributed by atoms with van der Waals surface area (Å²) in [7, 11) is 0. The Bertz CT molecular complexity index is 978. The van der Waals surface area contributed by atoms with Gasteiger partial charge in [-0.1, -0.05) is 20.8 Å². The van der Waals surface area contributed by atoms with Crippen LogP contribution in [0.25, 0.3) is 0 Å². The number of carbonyl (C=O) groups is 1. The first-order valence-corrected chi connectivity index (χ1v) is 11.8. The summed E-state index contributed by atoms with van der Waals surface area (Å²) in [5, 5.41) is 1.70. The third-order valence-corrected chi connectivity index (χ3v) is 5.86. The fourth-order valence-corrected chi connectivity index (χ4v) is 4.28. The van der Waals surface area contributed by atoms with Crippen LogP contribution in [-0.2, 0) is 0 Å². The van der Waals surface area contributed by atoms with Crippen molar-refractivity contribution in [3.05, 3.63) is 35.2 Å². The van der Waals surface area contributed by atoms with E-state index in [1.54, 1.807) is 22.0 Å². The summed E-state index contributed by atoms with van der Waals surface area (Å²) in [5.74, 6) is 0.356. The number of amides is 1. The van der Waals surface area contributed by atoms with E-state index in [0.29, 0.717) is 35.9 Å². The predicted molar refractivity (Wildman–Crippen MR) is 128 cm³/mol. The molecular formula is C24H34F2N6O2. The monoisotopic (exact) mass is 476 g/mol. The lowest BCUT2D eigenvalue weighted by Gasteiger charge is -2.42. The zero-order valence-electron chi connectivity index (χ0n) is 20.6. The van der Waals surface area contributed by atoms with Crippen LogP contribution in [0.4, 0.5) is 8.78 Å². The third-order valence-electron chi connectivity index (χ3n) is 5.86. The van der Waals surface area contributed by atoms with Gasteiger partial charge in [0.15, 0.2) is 0 Å². The molecule has 4 heterocycles. The molecule has 1 aromatic heterocycles. The van der Waals surface area contributed by atoms with E-state index in [0.717, 1.165) is 6.42 Å². The molecule has 0 spiro atoms. The molecule has 1 fully saturated rings. The van der Waals surface area contributed by atoms with Gasteiger partial charge in [0.25, 0.3) is 12.3 Å². The Morgan fingerprint density at radius 2 is 2.00 bits per heavy atom. The smallest absolute Gasteiger partial charge is 0.280 e. The fourth-order valence-electron chi connectivity index (χ4n) is 4.28. The SMILES string of the molecule is CC.Cc1cc(C(=O)N2CC[C@@H](C)[C@H](C3=CC(C(F)F)=NC4N=CNN34)C2)cc(OC(C)C)n1. The number of ether oxygens (including phenoxy) is 1. The topological polar surface area (TPSA) is 82.4 Å². The second-order valence-corrected chi connectivity index (χ2v) is 8.67. The maximum Gasteiger partial charge on any atom is 0.280 e. The van der Waals surface area contributed by atoms with Crippen LogP contribution in [0.3, 0.4) is 0 Å². The molecule has 1 saturated heterocycles. The van der Waals surface area contributed by atoms with E-state index in [9.17, 15) is 13.6 Å². The molecule has 3 aliphatic rings. The lowest BCUT2D eigenvalue weighted by molar-refractivity contribution is 0.0593. The van der Waals surface area contributed by atoms with Gasteiger partial charge in [-0.05, 0) is 45.3 Å². The number of likely N-dealkylation sites (tertiary alicyclic amines) is 1. The second kappa shape index (κ2) is 10.9. The largest absolute Gasteiger partial charge is 0.475 e. The normalized spacial score (nSPS) is 23.6. The molecule has 1 unspecified atom stereocenters. The number of alkyl halides is 2. The van der Waals surface area contributed by atoms with Crippen LogP contribution >= 0.6 is 0 Å². The van der Waals surface area contributed by atoms with E-state index in [1.807, 2.05) is 34.6 Å². The molecule has 8 nitrogen and oxygen atoms in total. The van der Waals surface area contributed by atoms with Gasteiger partial charge < -0.3 is 9.64 Å². The first-order valence-electron chi connectivity index (χ1n) is 11.8. The first kappa shape index (κ1) is 25.6. The second-order valence-electron chi connectivity index (χ2n) is 8.67. The molecule has 0 aromatic carbocycles. The number of allylic oxidation sites excluding steroid dienone is 1. The molecule has 1 N–H and O–H groups in total. The van der Waals surface area contributed by atoms with Crippen LogP contribution < -0.4 is 10.2 Å². The fraction of sp³-hybridized carbons (Fsp3) is 0.583. The number of carbonyl (C=O) groups excluding carboxylic acids is 1. The minimum absolute atomic E-state index is 0.0560. The molecule has 0 bridgehead atoms. The van der Waals surface area contributed by atoms with Crippen LogP contribution in [-0.4, -0.2) is 64.8 Å². The van der Waals surface area contributed by atoms with Crippen molar-refractivity contribution in [1.82, 2.24) is 20.3 Å². The van der Waals surface area contributed by atoms with Crippen molar-refractivity contribution >= 4 is 18.0 Å². The first-order chi connectivity index (χ1) is 16.2. The highest BCUT2D eigenvalue weighted by Gasteiger charge is 2.39. The Kier molecular flexibility index (Phi) is 8.22. The summed E-state index contributed by atoms with van der Waals surface area (Å²) >= 11 is 0. The Balaban J connectivity index is 0.00000158. The summed E-state index contributed by atoms with van der Waals surface area (Å²) in [5.41, 5.74) is 4.59.